The van der Waals surface area contributed by atoms with Gasteiger partial charge < -0.3 is 20.9 Å². The number of rotatable bonds is 8. The summed E-state index contributed by atoms with van der Waals surface area (Å²) in [6.45, 7) is 0.657. The zero-order valence-corrected chi connectivity index (χ0v) is 20.3. The van der Waals surface area contributed by atoms with Gasteiger partial charge in [0.25, 0.3) is 0 Å². The Balaban J connectivity index is 1.65. The molecular weight excluding hydrogens is 480 g/mol. The average molecular weight is 507 g/mol. The molecule has 1 heterocycles. The molecule has 0 aromatic heterocycles. The van der Waals surface area contributed by atoms with Crippen molar-refractivity contribution in [1.82, 2.24) is 5.32 Å². The van der Waals surface area contributed by atoms with Gasteiger partial charge in [-0.3, -0.25) is 9.59 Å². The number of urea groups is 1. The van der Waals surface area contributed by atoms with E-state index in [-0.39, 0.29) is 18.1 Å². The molecule has 2 aromatic carbocycles. The maximum absolute atomic E-state index is 12.9. The van der Waals surface area contributed by atoms with E-state index in [0.29, 0.717) is 29.4 Å². The molecule has 34 heavy (non-hydrogen) atoms. The van der Waals surface area contributed by atoms with Gasteiger partial charge in [-0.1, -0.05) is 11.6 Å². The van der Waals surface area contributed by atoms with Gasteiger partial charge in [-0.15, -0.1) is 0 Å². The number of anilines is 3. The summed E-state index contributed by atoms with van der Waals surface area (Å²) >= 11 is 5.84. The fourth-order valence-electron chi connectivity index (χ4n) is 3.49. The molecule has 0 aliphatic carbocycles. The summed E-state index contributed by atoms with van der Waals surface area (Å²) in [4.78, 5) is 39.1. The smallest absolute Gasteiger partial charge is 0.319 e. The van der Waals surface area contributed by atoms with E-state index in [4.69, 9.17) is 11.6 Å². The Hall–Kier alpha value is -3.11. The highest BCUT2D eigenvalue weighted by Gasteiger charge is 2.23. The lowest BCUT2D eigenvalue weighted by Gasteiger charge is -2.27. The highest BCUT2D eigenvalue weighted by atomic mass is 35.5. The monoisotopic (exact) mass is 506 g/mol. The first kappa shape index (κ1) is 25.5. The van der Waals surface area contributed by atoms with Crippen molar-refractivity contribution in [1.29, 1.82) is 0 Å². The number of sulfone groups is 1. The minimum atomic E-state index is -3.35. The second-order valence-corrected chi connectivity index (χ2v) is 10.8. The van der Waals surface area contributed by atoms with Crippen molar-refractivity contribution >= 4 is 56.3 Å². The first-order valence-electron chi connectivity index (χ1n) is 10.8. The molecule has 1 aliphatic heterocycles. The van der Waals surface area contributed by atoms with Crippen molar-refractivity contribution in [2.24, 2.45) is 0 Å². The molecule has 2 aromatic rings. The topological polar surface area (TPSA) is 125 Å². The summed E-state index contributed by atoms with van der Waals surface area (Å²) in [5, 5.41) is 8.32. The number of benzene rings is 2. The lowest BCUT2D eigenvalue weighted by atomic mass is 10.1. The molecule has 11 heteroatoms. The van der Waals surface area contributed by atoms with Crippen LogP contribution in [0.5, 0.6) is 0 Å². The Morgan fingerprint density at radius 1 is 1.00 bits per heavy atom. The molecule has 182 valence electrons. The summed E-state index contributed by atoms with van der Waals surface area (Å²) in [7, 11) is -3.35. The van der Waals surface area contributed by atoms with E-state index in [0.717, 1.165) is 24.8 Å². The molecule has 3 N–H and O–H groups in total. The van der Waals surface area contributed by atoms with Gasteiger partial charge in [0, 0.05) is 41.3 Å². The number of hydrogen-bond donors (Lipinski definition) is 3. The minimum absolute atomic E-state index is 0.0692. The van der Waals surface area contributed by atoms with Gasteiger partial charge in [0.05, 0.1) is 5.75 Å². The predicted octanol–water partition coefficient (Wildman–Crippen LogP) is 3.42. The first-order valence-corrected chi connectivity index (χ1v) is 13.3. The van der Waals surface area contributed by atoms with Crippen LogP contribution in [0.25, 0.3) is 0 Å². The minimum Gasteiger partial charge on any atom is -0.326 e. The van der Waals surface area contributed by atoms with E-state index in [9.17, 15) is 22.8 Å². The molecule has 0 saturated carbocycles. The van der Waals surface area contributed by atoms with Gasteiger partial charge >= 0.3 is 6.03 Å². The van der Waals surface area contributed by atoms with Crippen LogP contribution in [-0.4, -0.2) is 50.9 Å². The van der Waals surface area contributed by atoms with Crippen LogP contribution in [0, 0.1) is 0 Å². The van der Waals surface area contributed by atoms with Crippen molar-refractivity contribution in [2.75, 3.05) is 34.1 Å². The Kier molecular flexibility index (Phi) is 8.51. The van der Waals surface area contributed by atoms with Crippen molar-refractivity contribution in [3.05, 3.63) is 53.6 Å². The van der Waals surface area contributed by atoms with Crippen molar-refractivity contribution in [3.63, 3.8) is 0 Å². The lowest BCUT2D eigenvalue weighted by molar-refractivity contribution is -0.119. The summed E-state index contributed by atoms with van der Waals surface area (Å²) in [5.74, 6) is -0.765. The quantitative estimate of drug-likeness (QED) is 0.506. The molecule has 1 saturated heterocycles. The zero-order chi connectivity index (χ0) is 24.7. The molecule has 0 bridgehead atoms. The lowest BCUT2D eigenvalue weighted by Crippen LogP contribution is -2.46. The van der Waals surface area contributed by atoms with Crippen molar-refractivity contribution < 1.29 is 22.8 Å². The third-order valence-corrected chi connectivity index (χ3v) is 6.50. The van der Waals surface area contributed by atoms with E-state index in [1.807, 2.05) is 0 Å². The van der Waals surface area contributed by atoms with E-state index >= 15 is 0 Å². The van der Waals surface area contributed by atoms with Gasteiger partial charge in [0.15, 0.2) is 0 Å². The second-order valence-electron chi connectivity index (χ2n) is 8.12. The van der Waals surface area contributed by atoms with Gasteiger partial charge in [-0.2, -0.15) is 0 Å². The Morgan fingerprint density at radius 2 is 1.62 bits per heavy atom. The summed E-state index contributed by atoms with van der Waals surface area (Å²) < 4.78 is 23.3. The summed E-state index contributed by atoms with van der Waals surface area (Å²) in [6.07, 6.45) is 3.31. The number of hydrogen-bond acceptors (Lipinski definition) is 5. The second kappa shape index (κ2) is 11.3. The third kappa shape index (κ3) is 7.74. The van der Waals surface area contributed by atoms with Crippen molar-refractivity contribution in [2.45, 2.75) is 31.7 Å². The van der Waals surface area contributed by atoms with Crippen LogP contribution in [0.3, 0.4) is 0 Å². The number of carbonyl (C=O) groups is 3. The van der Waals surface area contributed by atoms with Gasteiger partial charge in [-0.25, -0.2) is 13.2 Å². The third-order valence-electron chi connectivity index (χ3n) is 5.27. The van der Waals surface area contributed by atoms with E-state index in [1.165, 1.54) is 0 Å². The molecule has 1 fully saturated rings. The highest BCUT2D eigenvalue weighted by Crippen LogP contribution is 2.23. The number of nitrogens with zero attached hydrogens (tertiary/aromatic N) is 1. The van der Waals surface area contributed by atoms with E-state index in [1.54, 1.807) is 53.4 Å². The maximum atomic E-state index is 12.9. The van der Waals surface area contributed by atoms with Crippen LogP contribution in [0.1, 0.15) is 25.7 Å². The molecule has 1 aliphatic rings. The number of carbonyl (C=O) groups excluding carboxylic acids is 3. The molecular formula is C23H27ClN4O5S. The summed E-state index contributed by atoms with van der Waals surface area (Å²) in [5.41, 5.74) is 1.67. The van der Waals surface area contributed by atoms with Crippen LogP contribution in [0.2, 0.25) is 5.02 Å². The van der Waals surface area contributed by atoms with Gasteiger partial charge in [0.1, 0.15) is 15.9 Å². The van der Waals surface area contributed by atoms with Gasteiger partial charge in [0.2, 0.25) is 11.8 Å². The Morgan fingerprint density at radius 3 is 2.24 bits per heavy atom. The number of halogens is 1. The molecule has 1 unspecified atom stereocenters. The van der Waals surface area contributed by atoms with E-state index < -0.39 is 27.8 Å². The maximum Gasteiger partial charge on any atom is 0.319 e. The Bertz CT molecular complexity index is 1140. The molecule has 0 radical (unpaired) electrons. The van der Waals surface area contributed by atoms with Crippen molar-refractivity contribution in [3.8, 4) is 0 Å². The fourth-order valence-corrected chi connectivity index (χ4v) is 4.28. The normalized spacial score (nSPS) is 14.9. The molecule has 9 nitrogen and oxygen atoms in total. The first-order chi connectivity index (χ1) is 16.1. The largest absolute Gasteiger partial charge is 0.326 e. The van der Waals surface area contributed by atoms with Crippen LogP contribution in [-0.2, 0) is 19.4 Å². The van der Waals surface area contributed by atoms with Crippen LogP contribution < -0.4 is 20.9 Å². The predicted molar refractivity (Wildman–Crippen MR) is 133 cm³/mol. The van der Waals surface area contributed by atoms with Crippen LogP contribution in [0.15, 0.2) is 48.5 Å². The zero-order valence-electron chi connectivity index (χ0n) is 18.7. The molecule has 4 amide bonds. The summed E-state index contributed by atoms with van der Waals surface area (Å²) in [6, 6.07) is 11.5. The fraction of sp³-hybridized carbons (Fsp3) is 0.348. The SMILES string of the molecule is CS(=O)(=O)CCC(NC(=O)Nc1ccc(Cl)cc1)C(=O)Nc1ccc(N2CCCCC2=O)cc1. The molecule has 3 rings (SSSR count). The highest BCUT2D eigenvalue weighted by molar-refractivity contribution is 7.90. The number of piperidine rings is 1. The number of nitrogens with one attached hydrogen (secondary N) is 3. The van der Waals surface area contributed by atoms with E-state index in [2.05, 4.69) is 16.0 Å². The van der Waals surface area contributed by atoms with Crippen LogP contribution >= 0.6 is 11.6 Å². The average Bonchev–Trinajstić information content (AvgIpc) is 2.78. The molecule has 1 atom stereocenters. The van der Waals surface area contributed by atoms with Crippen LogP contribution in [0.4, 0.5) is 21.9 Å². The molecule has 0 spiro atoms. The number of amides is 4. The van der Waals surface area contributed by atoms with Gasteiger partial charge in [-0.05, 0) is 67.8 Å². The standard InChI is InChI=1S/C23H27ClN4O5S/c1-34(32,33)15-13-20(27-23(31)26-18-7-5-16(24)6-8-18)22(30)25-17-9-11-19(12-10-17)28-14-3-2-4-21(28)29/h5-12,20H,2-4,13-15H2,1H3,(H,25,30)(H2,26,27,31). The Labute approximate surface area is 203 Å².